The zero-order valence-electron chi connectivity index (χ0n) is 10.6. The molecule has 92 valence electrons. The number of carboxylic acid groups (broad SMARTS) is 1. The number of rotatable bonds is 3. The Balaban J connectivity index is 2.56. The smallest absolute Gasteiger partial charge is 0.336 e. The maximum Gasteiger partial charge on any atom is 0.336 e. The number of carboxylic acids is 1. The average molecular weight is 240 g/mol. The first-order valence-electron chi connectivity index (χ1n) is 6.05. The van der Waals surface area contributed by atoms with Gasteiger partial charge in [-0.1, -0.05) is 49.4 Å². The monoisotopic (exact) mass is 240 g/mol. The number of aryl methyl sites for hydroxylation is 2. The highest BCUT2D eigenvalue weighted by Gasteiger charge is 2.13. The number of benzene rings is 2. The standard InChI is InChI=1S/C16H16O2/c1-3-12-7-9-13(10-8-12)14-6-4-5-11(2)15(14)16(17)18/h4-10H,3H2,1-2H3,(H,17,18). The van der Waals surface area contributed by atoms with Crippen LogP contribution < -0.4 is 0 Å². The van der Waals surface area contributed by atoms with Gasteiger partial charge < -0.3 is 5.11 Å². The van der Waals surface area contributed by atoms with Gasteiger partial charge in [-0.15, -0.1) is 0 Å². The lowest BCUT2D eigenvalue weighted by Gasteiger charge is -2.09. The van der Waals surface area contributed by atoms with Crippen LogP contribution in [0.5, 0.6) is 0 Å². The van der Waals surface area contributed by atoms with Crippen molar-refractivity contribution >= 4 is 5.97 Å². The molecular weight excluding hydrogens is 224 g/mol. The fourth-order valence-corrected chi connectivity index (χ4v) is 2.11. The SMILES string of the molecule is CCc1ccc(-c2cccc(C)c2C(=O)O)cc1. The molecule has 2 aromatic carbocycles. The third-order valence-electron chi connectivity index (χ3n) is 3.16. The molecule has 18 heavy (non-hydrogen) atoms. The molecule has 2 nitrogen and oxygen atoms in total. The van der Waals surface area contributed by atoms with Crippen molar-refractivity contribution < 1.29 is 9.90 Å². The van der Waals surface area contributed by atoms with Crippen molar-refractivity contribution in [3.63, 3.8) is 0 Å². The molecule has 0 bridgehead atoms. The van der Waals surface area contributed by atoms with Crippen LogP contribution >= 0.6 is 0 Å². The Labute approximate surface area is 107 Å². The Morgan fingerprint density at radius 3 is 2.33 bits per heavy atom. The third-order valence-corrected chi connectivity index (χ3v) is 3.16. The molecule has 2 heteroatoms. The zero-order chi connectivity index (χ0) is 13.1. The van der Waals surface area contributed by atoms with E-state index in [9.17, 15) is 9.90 Å². The van der Waals surface area contributed by atoms with Crippen molar-refractivity contribution in [1.29, 1.82) is 0 Å². The Morgan fingerprint density at radius 1 is 1.11 bits per heavy atom. The molecule has 0 aliphatic rings. The summed E-state index contributed by atoms with van der Waals surface area (Å²) in [7, 11) is 0. The lowest BCUT2D eigenvalue weighted by molar-refractivity contribution is 0.0697. The maximum absolute atomic E-state index is 11.3. The first-order chi connectivity index (χ1) is 8.63. The van der Waals surface area contributed by atoms with Crippen LogP contribution in [-0.4, -0.2) is 11.1 Å². The second-order valence-corrected chi connectivity index (χ2v) is 4.35. The van der Waals surface area contributed by atoms with Crippen molar-refractivity contribution in [3.05, 3.63) is 59.2 Å². The predicted octanol–water partition coefficient (Wildman–Crippen LogP) is 3.92. The van der Waals surface area contributed by atoms with E-state index in [-0.39, 0.29) is 0 Å². The Bertz CT molecular complexity index is 568. The second kappa shape index (κ2) is 5.05. The summed E-state index contributed by atoms with van der Waals surface area (Å²) < 4.78 is 0. The minimum absolute atomic E-state index is 0.391. The van der Waals surface area contributed by atoms with E-state index in [0.717, 1.165) is 23.1 Å². The van der Waals surface area contributed by atoms with E-state index in [2.05, 4.69) is 6.92 Å². The Morgan fingerprint density at radius 2 is 1.78 bits per heavy atom. The van der Waals surface area contributed by atoms with Crippen LogP contribution in [0, 0.1) is 6.92 Å². The summed E-state index contributed by atoms with van der Waals surface area (Å²) in [5.74, 6) is -0.873. The third kappa shape index (κ3) is 2.28. The maximum atomic E-state index is 11.3. The van der Waals surface area contributed by atoms with E-state index in [1.54, 1.807) is 0 Å². The van der Waals surface area contributed by atoms with E-state index in [4.69, 9.17) is 0 Å². The fourth-order valence-electron chi connectivity index (χ4n) is 2.11. The summed E-state index contributed by atoms with van der Waals surface area (Å²) >= 11 is 0. The molecule has 0 fully saturated rings. The van der Waals surface area contributed by atoms with Gasteiger partial charge in [0.2, 0.25) is 0 Å². The Hall–Kier alpha value is -2.09. The molecule has 0 heterocycles. The molecule has 1 N–H and O–H groups in total. The normalized spacial score (nSPS) is 10.3. The van der Waals surface area contributed by atoms with Crippen LogP contribution in [0.15, 0.2) is 42.5 Å². The van der Waals surface area contributed by atoms with E-state index in [1.165, 1.54) is 5.56 Å². The lowest BCUT2D eigenvalue weighted by atomic mass is 9.95. The van der Waals surface area contributed by atoms with Gasteiger partial charge in [0.25, 0.3) is 0 Å². The van der Waals surface area contributed by atoms with Crippen LogP contribution in [0.1, 0.15) is 28.4 Å². The highest BCUT2D eigenvalue weighted by atomic mass is 16.4. The van der Waals surface area contributed by atoms with E-state index in [1.807, 2.05) is 49.4 Å². The Kier molecular flexibility index (Phi) is 3.47. The van der Waals surface area contributed by atoms with Crippen LogP contribution in [0.25, 0.3) is 11.1 Å². The number of hydrogen-bond donors (Lipinski definition) is 1. The molecule has 0 radical (unpaired) electrons. The van der Waals surface area contributed by atoms with Crippen molar-refractivity contribution in [2.75, 3.05) is 0 Å². The fraction of sp³-hybridized carbons (Fsp3) is 0.188. The van der Waals surface area contributed by atoms with Gasteiger partial charge in [0.05, 0.1) is 5.56 Å². The lowest BCUT2D eigenvalue weighted by Crippen LogP contribution is -2.02. The van der Waals surface area contributed by atoms with Gasteiger partial charge in [-0.3, -0.25) is 0 Å². The van der Waals surface area contributed by atoms with Crippen molar-refractivity contribution in [2.45, 2.75) is 20.3 Å². The first-order valence-corrected chi connectivity index (χ1v) is 6.05. The number of aromatic carboxylic acids is 1. The largest absolute Gasteiger partial charge is 0.478 e. The minimum atomic E-state index is -0.873. The van der Waals surface area contributed by atoms with E-state index < -0.39 is 5.97 Å². The molecule has 2 aromatic rings. The van der Waals surface area contributed by atoms with Crippen LogP contribution in [-0.2, 0) is 6.42 Å². The summed E-state index contributed by atoms with van der Waals surface area (Å²) in [6.45, 7) is 3.93. The topological polar surface area (TPSA) is 37.3 Å². The van der Waals surface area contributed by atoms with Gasteiger partial charge in [0, 0.05) is 0 Å². The molecule has 0 spiro atoms. The molecule has 0 atom stereocenters. The predicted molar refractivity (Wildman–Crippen MR) is 73.0 cm³/mol. The zero-order valence-corrected chi connectivity index (χ0v) is 10.6. The van der Waals surface area contributed by atoms with Crippen LogP contribution in [0.2, 0.25) is 0 Å². The minimum Gasteiger partial charge on any atom is -0.478 e. The molecule has 0 aliphatic heterocycles. The molecule has 0 saturated carbocycles. The second-order valence-electron chi connectivity index (χ2n) is 4.35. The summed E-state index contributed by atoms with van der Waals surface area (Å²) in [4.78, 5) is 11.3. The van der Waals surface area contributed by atoms with Gasteiger partial charge in [-0.2, -0.15) is 0 Å². The molecular formula is C16H16O2. The summed E-state index contributed by atoms with van der Waals surface area (Å²) in [5.41, 5.74) is 4.17. The van der Waals surface area contributed by atoms with Gasteiger partial charge in [0.1, 0.15) is 0 Å². The molecule has 0 amide bonds. The van der Waals surface area contributed by atoms with Gasteiger partial charge >= 0.3 is 5.97 Å². The van der Waals surface area contributed by atoms with Crippen molar-refractivity contribution in [1.82, 2.24) is 0 Å². The molecule has 0 aliphatic carbocycles. The first kappa shape index (κ1) is 12.4. The average Bonchev–Trinajstić information content (AvgIpc) is 2.38. The molecule has 0 aromatic heterocycles. The van der Waals surface area contributed by atoms with Gasteiger partial charge in [-0.25, -0.2) is 4.79 Å². The highest BCUT2D eigenvalue weighted by Crippen LogP contribution is 2.26. The summed E-state index contributed by atoms with van der Waals surface area (Å²) in [6.07, 6.45) is 0.986. The van der Waals surface area contributed by atoms with E-state index >= 15 is 0 Å². The van der Waals surface area contributed by atoms with Gasteiger partial charge in [0.15, 0.2) is 0 Å². The molecule has 2 rings (SSSR count). The van der Waals surface area contributed by atoms with E-state index in [0.29, 0.717) is 5.56 Å². The number of carbonyl (C=O) groups is 1. The highest BCUT2D eigenvalue weighted by molar-refractivity contribution is 5.97. The number of hydrogen-bond acceptors (Lipinski definition) is 1. The van der Waals surface area contributed by atoms with Crippen LogP contribution in [0.3, 0.4) is 0 Å². The summed E-state index contributed by atoms with van der Waals surface area (Å²) in [5, 5.41) is 9.31. The van der Waals surface area contributed by atoms with Crippen molar-refractivity contribution in [2.24, 2.45) is 0 Å². The molecule has 0 saturated heterocycles. The van der Waals surface area contributed by atoms with Gasteiger partial charge in [-0.05, 0) is 35.6 Å². The van der Waals surface area contributed by atoms with Crippen LogP contribution in [0.4, 0.5) is 0 Å². The quantitative estimate of drug-likeness (QED) is 0.882. The molecule has 0 unspecified atom stereocenters. The van der Waals surface area contributed by atoms with Crippen molar-refractivity contribution in [3.8, 4) is 11.1 Å². The summed E-state index contributed by atoms with van der Waals surface area (Å²) in [6, 6.07) is 13.6.